The van der Waals surface area contributed by atoms with Crippen molar-refractivity contribution in [3.05, 3.63) is 94.5 Å². The van der Waals surface area contributed by atoms with Crippen molar-refractivity contribution in [2.75, 3.05) is 0 Å². The Hall–Kier alpha value is -4.76. The number of hydrogen-bond acceptors (Lipinski definition) is 5. The Balaban J connectivity index is 0.000000623. The number of carbonyl (C=O) groups is 1. The van der Waals surface area contributed by atoms with E-state index in [1.165, 1.54) is 0 Å². The summed E-state index contributed by atoms with van der Waals surface area (Å²) in [6, 6.07) is 20.2. The molecule has 0 aliphatic rings. The first kappa shape index (κ1) is 23.0. The van der Waals surface area contributed by atoms with Gasteiger partial charge in [-0.15, -0.1) is 0 Å². The van der Waals surface area contributed by atoms with Crippen molar-refractivity contribution < 1.29 is 9.90 Å². The zero-order chi connectivity index (χ0) is 25.2. The topological polar surface area (TPSA) is 143 Å². The minimum atomic E-state index is -0.833. The van der Waals surface area contributed by atoms with Crippen LogP contribution in [0.5, 0.6) is 0 Å². The molecule has 6 aromatic rings. The van der Waals surface area contributed by atoms with E-state index in [1.54, 1.807) is 6.20 Å². The Morgan fingerprint density at radius 1 is 1.06 bits per heavy atom. The summed E-state index contributed by atoms with van der Waals surface area (Å²) in [5.41, 5.74) is 12.3. The molecule has 0 saturated carbocycles. The monoisotopic (exact) mass is 480 g/mol. The first-order valence-corrected chi connectivity index (χ1v) is 11.4. The van der Waals surface area contributed by atoms with Crippen molar-refractivity contribution in [3.8, 4) is 11.3 Å². The van der Waals surface area contributed by atoms with E-state index in [4.69, 9.17) is 20.6 Å². The van der Waals surface area contributed by atoms with Gasteiger partial charge >= 0.3 is 0 Å². The third kappa shape index (κ3) is 4.47. The number of aromatic nitrogens is 5. The summed E-state index contributed by atoms with van der Waals surface area (Å²) in [5, 5.41) is 16.4. The smallest absolute Gasteiger partial charge is 0.300 e. The van der Waals surface area contributed by atoms with Gasteiger partial charge in [0.1, 0.15) is 5.69 Å². The second kappa shape index (κ2) is 9.47. The molecule has 36 heavy (non-hydrogen) atoms. The molecule has 0 unspecified atom stereocenters. The van der Waals surface area contributed by atoms with Gasteiger partial charge in [-0.1, -0.05) is 42.5 Å². The molecule has 0 bridgehead atoms. The molecule has 0 radical (unpaired) electrons. The van der Waals surface area contributed by atoms with E-state index in [9.17, 15) is 4.79 Å². The highest BCUT2D eigenvalue weighted by Gasteiger charge is 2.16. The van der Waals surface area contributed by atoms with E-state index in [0.29, 0.717) is 29.8 Å². The van der Waals surface area contributed by atoms with Crippen LogP contribution in [0.25, 0.3) is 44.1 Å². The summed E-state index contributed by atoms with van der Waals surface area (Å²) in [6.45, 7) is 2.30. The number of benzene rings is 3. The summed E-state index contributed by atoms with van der Waals surface area (Å²) >= 11 is 0. The number of para-hydroxylation sites is 1. The van der Waals surface area contributed by atoms with Crippen LogP contribution in [0, 0.1) is 0 Å². The van der Waals surface area contributed by atoms with E-state index in [1.807, 2.05) is 48.7 Å². The van der Waals surface area contributed by atoms with E-state index < -0.39 is 5.97 Å². The predicted octanol–water partition coefficient (Wildman–Crippen LogP) is 4.02. The number of carboxylic acid groups (broad SMARTS) is 1. The normalized spacial score (nSPS) is 11.1. The number of nitrogens with zero attached hydrogens (tertiary/aromatic N) is 3. The number of hydrogen-bond donors (Lipinski definition) is 4. The van der Waals surface area contributed by atoms with Gasteiger partial charge < -0.3 is 20.4 Å². The number of fused-ring (bicyclic) bond motifs is 3. The molecule has 5 N–H and O–H groups in total. The van der Waals surface area contributed by atoms with Gasteiger partial charge in [0.15, 0.2) is 0 Å². The summed E-state index contributed by atoms with van der Waals surface area (Å²) in [5.74, 6) is -0.833. The number of aromatic amines is 2. The van der Waals surface area contributed by atoms with Crippen LogP contribution in [-0.2, 0) is 17.9 Å². The average Bonchev–Trinajstić information content (AvgIpc) is 3.47. The highest BCUT2D eigenvalue weighted by atomic mass is 16.4. The molecular formula is C27H24N6O3. The van der Waals surface area contributed by atoms with E-state index in [-0.39, 0.29) is 5.56 Å². The van der Waals surface area contributed by atoms with Gasteiger partial charge in [0.2, 0.25) is 0 Å². The van der Waals surface area contributed by atoms with E-state index in [0.717, 1.165) is 45.4 Å². The first-order valence-electron chi connectivity index (χ1n) is 11.4. The van der Waals surface area contributed by atoms with Crippen molar-refractivity contribution >= 4 is 38.8 Å². The van der Waals surface area contributed by atoms with Gasteiger partial charge in [0.05, 0.1) is 22.7 Å². The SMILES string of the molecule is CC(=O)O.NCc1ccc(Cn2cc(-c3nc4cc5[nH]ncc5cc4[nH]c3=O)c3ccccc32)cc1. The number of H-pyrrole nitrogens is 2. The molecule has 0 spiro atoms. The maximum Gasteiger partial charge on any atom is 0.300 e. The molecule has 3 aromatic carbocycles. The molecule has 3 heterocycles. The lowest BCUT2D eigenvalue weighted by atomic mass is 10.1. The van der Waals surface area contributed by atoms with Crippen molar-refractivity contribution in [2.24, 2.45) is 5.73 Å². The fourth-order valence-electron chi connectivity index (χ4n) is 4.25. The molecule has 9 nitrogen and oxygen atoms in total. The Kier molecular flexibility index (Phi) is 6.05. The quantitative estimate of drug-likeness (QED) is 0.300. The molecule has 180 valence electrons. The molecule has 3 aromatic heterocycles. The van der Waals surface area contributed by atoms with Crippen LogP contribution in [0.3, 0.4) is 0 Å². The molecule has 0 saturated heterocycles. The molecular weight excluding hydrogens is 456 g/mol. The molecule has 0 fully saturated rings. The summed E-state index contributed by atoms with van der Waals surface area (Å²) in [6.07, 6.45) is 3.74. The Bertz CT molecular complexity index is 1760. The number of nitrogens with two attached hydrogens (primary N) is 1. The molecule has 6 rings (SSSR count). The van der Waals surface area contributed by atoms with Gasteiger partial charge in [-0.25, -0.2) is 4.98 Å². The maximum atomic E-state index is 13.0. The lowest BCUT2D eigenvalue weighted by Gasteiger charge is -2.06. The molecule has 0 atom stereocenters. The van der Waals surface area contributed by atoms with Crippen molar-refractivity contribution in [3.63, 3.8) is 0 Å². The summed E-state index contributed by atoms with van der Waals surface area (Å²) in [7, 11) is 0. The number of aliphatic carboxylic acids is 1. The first-order chi connectivity index (χ1) is 17.4. The van der Waals surface area contributed by atoms with E-state index in [2.05, 4.69) is 37.9 Å². The third-order valence-corrected chi connectivity index (χ3v) is 5.91. The average molecular weight is 481 g/mol. The van der Waals surface area contributed by atoms with Gasteiger partial charge in [-0.05, 0) is 29.3 Å². The lowest BCUT2D eigenvalue weighted by molar-refractivity contribution is -0.134. The van der Waals surface area contributed by atoms with Crippen LogP contribution in [0.1, 0.15) is 18.1 Å². The standard InChI is InChI=1S/C25H20N6O.C2H4O2/c26-11-15-5-7-16(8-6-15)13-31-14-19(18-3-1-2-4-23(18)31)24-25(32)29-21-9-17-12-27-30-20(17)10-22(21)28-24;1-2(3)4/h1-10,12,14H,11,13,26H2,(H,27,30)(H,29,32);1H3,(H,3,4). The Morgan fingerprint density at radius 2 is 1.78 bits per heavy atom. The number of rotatable bonds is 4. The van der Waals surface area contributed by atoms with Crippen LogP contribution in [0.15, 0.2) is 77.9 Å². The fraction of sp³-hybridized carbons (Fsp3) is 0.111. The van der Waals surface area contributed by atoms with Crippen LogP contribution in [0.2, 0.25) is 0 Å². The van der Waals surface area contributed by atoms with Crippen LogP contribution in [-0.4, -0.2) is 35.8 Å². The molecule has 0 amide bonds. The largest absolute Gasteiger partial charge is 0.481 e. The van der Waals surface area contributed by atoms with Gasteiger partial charge in [-0.3, -0.25) is 14.7 Å². The number of nitrogens with one attached hydrogen (secondary N) is 2. The Morgan fingerprint density at radius 3 is 2.53 bits per heavy atom. The Labute approximate surface area is 205 Å². The highest BCUT2D eigenvalue weighted by Crippen LogP contribution is 2.29. The van der Waals surface area contributed by atoms with Crippen molar-refractivity contribution in [2.45, 2.75) is 20.0 Å². The van der Waals surface area contributed by atoms with Gasteiger partial charge in [0.25, 0.3) is 11.5 Å². The van der Waals surface area contributed by atoms with Crippen LogP contribution in [0.4, 0.5) is 0 Å². The van der Waals surface area contributed by atoms with Gasteiger partial charge in [0, 0.05) is 48.1 Å². The fourth-order valence-corrected chi connectivity index (χ4v) is 4.25. The summed E-state index contributed by atoms with van der Waals surface area (Å²) in [4.78, 5) is 29.8. The predicted molar refractivity (Wildman–Crippen MR) is 140 cm³/mol. The van der Waals surface area contributed by atoms with E-state index >= 15 is 0 Å². The second-order valence-corrected chi connectivity index (χ2v) is 8.47. The highest BCUT2D eigenvalue weighted by molar-refractivity contribution is 5.97. The minimum absolute atomic E-state index is 0.212. The van der Waals surface area contributed by atoms with Crippen molar-refractivity contribution in [1.29, 1.82) is 0 Å². The summed E-state index contributed by atoms with van der Waals surface area (Å²) < 4.78 is 2.16. The third-order valence-electron chi connectivity index (χ3n) is 5.91. The van der Waals surface area contributed by atoms with Crippen LogP contribution < -0.4 is 11.3 Å². The number of carboxylic acids is 1. The molecule has 9 heteroatoms. The zero-order valence-corrected chi connectivity index (χ0v) is 19.5. The second-order valence-electron chi connectivity index (χ2n) is 8.47. The van der Waals surface area contributed by atoms with Crippen LogP contribution >= 0.6 is 0 Å². The molecule has 0 aliphatic heterocycles. The molecule has 0 aliphatic carbocycles. The minimum Gasteiger partial charge on any atom is -0.481 e. The maximum absolute atomic E-state index is 13.0. The lowest BCUT2D eigenvalue weighted by Crippen LogP contribution is -2.11. The van der Waals surface area contributed by atoms with Gasteiger partial charge in [-0.2, -0.15) is 5.10 Å². The van der Waals surface area contributed by atoms with Crippen molar-refractivity contribution in [1.82, 2.24) is 24.7 Å². The zero-order valence-electron chi connectivity index (χ0n) is 19.5.